The molecule has 2 aromatic carbocycles. The number of hydrogen-bond acceptors (Lipinski definition) is 3. The highest BCUT2D eigenvalue weighted by atomic mass is 79.9. The predicted molar refractivity (Wildman–Crippen MR) is 88.5 cm³/mol. The van der Waals surface area contributed by atoms with Gasteiger partial charge in [-0.3, -0.25) is 4.98 Å². The first-order valence-electron chi connectivity index (χ1n) is 6.63. The maximum Gasteiger partial charge on any atom is 0.125 e. The minimum absolute atomic E-state index is 0.273. The van der Waals surface area contributed by atoms with Crippen LogP contribution in [0.25, 0.3) is 10.9 Å². The number of aromatic nitrogens is 1. The minimum Gasteiger partial charge on any atom is -0.496 e. The van der Waals surface area contributed by atoms with Crippen LogP contribution in [0.15, 0.2) is 59.2 Å². The maximum atomic E-state index is 6.40. The fraction of sp³-hybridized carbons (Fsp3) is 0.118. The van der Waals surface area contributed by atoms with E-state index >= 15 is 0 Å². The third-order valence-corrected chi connectivity index (χ3v) is 3.99. The zero-order valence-electron chi connectivity index (χ0n) is 11.6. The first-order valence-corrected chi connectivity index (χ1v) is 7.42. The summed E-state index contributed by atoms with van der Waals surface area (Å²) < 4.78 is 6.39. The van der Waals surface area contributed by atoms with E-state index in [1.165, 1.54) is 0 Å². The van der Waals surface area contributed by atoms with Crippen molar-refractivity contribution in [3.05, 3.63) is 70.3 Å². The molecule has 1 heterocycles. The normalized spacial score (nSPS) is 12.3. The number of nitrogens with two attached hydrogens (primary N) is 1. The number of ether oxygens (including phenoxy) is 1. The summed E-state index contributed by atoms with van der Waals surface area (Å²) >= 11 is 3.44. The van der Waals surface area contributed by atoms with Crippen LogP contribution in [0.1, 0.15) is 17.2 Å². The maximum absolute atomic E-state index is 6.40. The minimum atomic E-state index is -0.273. The average molecular weight is 343 g/mol. The summed E-state index contributed by atoms with van der Waals surface area (Å²) in [5.74, 6) is 0.769. The van der Waals surface area contributed by atoms with Crippen molar-refractivity contribution >= 4 is 26.8 Å². The van der Waals surface area contributed by atoms with Crippen LogP contribution in [0.5, 0.6) is 5.75 Å². The Hall–Kier alpha value is -1.91. The largest absolute Gasteiger partial charge is 0.496 e. The highest BCUT2D eigenvalue weighted by molar-refractivity contribution is 9.10. The van der Waals surface area contributed by atoms with E-state index in [0.717, 1.165) is 32.3 Å². The summed E-state index contributed by atoms with van der Waals surface area (Å²) in [7, 11) is 1.65. The van der Waals surface area contributed by atoms with E-state index < -0.39 is 0 Å². The van der Waals surface area contributed by atoms with Gasteiger partial charge in [0.1, 0.15) is 5.75 Å². The molecule has 1 atom stereocenters. The van der Waals surface area contributed by atoms with Crippen molar-refractivity contribution in [1.29, 1.82) is 0 Å². The lowest BCUT2D eigenvalue weighted by Gasteiger charge is -2.16. The number of nitrogens with zero attached hydrogens (tertiary/aromatic N) is 1. The molecule has 4 heteroatoms. The summed E-state index contributed by atoms with van der Waals surface area (Å²) in [6, 6.07) is 15.7. The highest BCUT2D eigenvalue weighted by Gasteiger charge is 2.15. The number of fused-ring (bicyclic) bond motifs is 1. The van der Waals surface area contributed by atoms with Gasteiger partial charge in [0.05, 0.1) is 18.7 Å². The summed E-state index contributed by atoms with van der Waals surface area (Å²) in [5, 5.41) is 1.08. The van der Waals surface area contributed by atoms with Crippen molar-refractivity contribution < 1.29 is 4.74 Å². The fourth-order valence-electron chi connectivity index (χ4n) is 2.38. The number of para-hydroxylation sites is 1. The molecule has 0 fully saturated rings. The van der Waals surface area contributed by atoms with Crippen LogP contribution in [-0.4, -0.2) is 12.1 Å². The third-order valence-electron chi connectivity index (χ3n) is 3.50. The van der Waals surface area contributed by atoms with E-state index in [0.29, 0.717) is 0 Å². The van der Waals surface area contributed by atoms with E-state index in [-0.39, 0.29) is 6.04 Å². The summed E-state index contributed by atoms with van der Waals surface area (Å²) in [6.45, 7) is 0. The van der Waals surface area contributed by atoms with Crippen molar-refractivity contribution in [3.63, 3.8) is 0 Å². The number of pyridine rings is 1. The van der Waals surface area contributed by atoms with Gasteiger partial charge in [0.25, 0.3) is 0 Å². The molecule has 0 radical (unpaired) electrons. The third kappa shape index (κ3) is 2.77. The van der Waals surface area contributed by atoms with Gasteiger partial charge in [-0.1, -0.05) is 40.2 Å². The van der Waals surface area contributed by atoms with Crippen molar-refractivity contribution in [2.75, 3.05) is 7.11 Å². The molecule has 106 valence electrons. The molecule has 0 aliphatic heterocycles. The predicted octanol–water partition coefficient (Wildman–Crippen LogP) is 4.05. The van der Waals surface area contributed by atoms with E-state index in [9.17, 15) is 0 Å². The van der Waals surface area contributed by atoms with E-state index in [1.807, 2.05) is 48.7 Å². The van der Waals surface area contributed by atoms with Crippen LogP contribution in [0.3, 0.4) is 0 Å². The average Bonchev–Trinajstić information content (AvgIpc) is 2.53. The lowest BCUT2D eigenvalue weighted by Crippen LogP contribution is -2.13. The molecule has 3 rings (SSSR count). The quantitative estimate of drug-likeness (QED) is 0.780. The zero-order chi connectivity index (χ0) is 14.8. The second kappa shape index (κ2) is 5.84. The van der Waals surface area contributed by atoms with E-state index in [4.69, 9.17) is 10.5 Å². The van der Waals surface area contributed by atoms with Crippen LogP contribution in [0, 0.1) is 0 Å². The molecule has 1 unspecified atom stereocenters. The van der Waals surface area contributed by atoms with Crippen molar-refractivity contribution in [3.8, 4) is 5.75 Å². The Bertz CT molecular complexity index is 789. The number of rotatable bonds is 3. The van der Waals surface area contributed by atoms with Crippen molar-refractivity contribution in [2.24, 2.45) is 5.73 Å². The van der Waals surface area contributed by atoms with Crippen LogP contribution in [-0.2, 0) is 0 Å². The van der Waals surface area contributed by atoms with Crippen LogP contribution in [0.2, 0.25) is 0 Å². The summed E-state index contributed by atoms with van der Waals surface area (Å²) in [5.41, 5.74) is 9.28. The Morgan fingerprint density at radius 3 is 2.76 bits per heavy atom. The molecule has 2 N–H and O–H groups in total. The molecular formula is C17H15BrN2O. The SMILES string of the molecule is COc1cc(Br)ccc1C(N)c1cnc2ccccc2c1. The van der Waals surface area contributed by atoms with Crippen LogP contribution in [0.4, 0.5) is 0 Å². The Morgan fingerprint density at radius 1 is 1.14 bits per heavy atom. The monoisotopic (exact) mass is 342 g/mol. The topological polar surface area (TPSA) is 48.1 Å². The Labute approximate surface area is 131 Å². The van der Waals surface area contributed by atoms with Gasteiger partial charge >= 0.3 is 0 Å². The second-order valence-corrected chi connectivity index (χ2v) is 5.74. The molecule has 0 amide bonds. The van der Waals surface area contributed by atoms with Gasteiger partial charge in [0.15, 0.2) is 0 Å². The molecular weight excluding hydrogens is 328 g/mol. The summed E-state index contributed by atoms with van der Waals surface area (Å²) in [6.07, 6.45) is 1.83. The standard InChI is InChI=1S/C17H15BrN2O/c1-21-16-9-13(18)6-7-14(16)17(19)12-8-11-4-2-3-5-15(11)20-10-12/h2-10,17H,19H2,1H3. The number of methoxy groups -OCH3 is 1. The fourth-order valence-corrected chi connectivity index (χ4v) is 2.72. The lowest BCUT2D eigenvalue weighted by atomic mass is 9.99. The van der Waals surface area contributed by atoms with Gasteiger partial charge in [0, 0.05) is 21.6 Å². The molecule has 0 aliphatic rings. The van der Waals surface area contributed by atoms with Crippen LogP contribution >= 0.6 is 15.9 Å². The first-order chi connectivity index (χ1) is 10.2. The molecule has 0 spiro atoms. The molecule has 1 aromatic heterocycles. The molecule has 3 aromatic rings. The molecule has 0 saturated heterocycles. The van der Waals surface area contributed by atoms with E-state index in [1.54, 1.807) is 7.11 Å². The Morgan fingerprint density at radius 2 is 1.95 bits per heavy atom. The number of halogens is 1. The Balaban J connectivity index is 2.05. The van der Waals surface area contributed by atoms with E-state index in [2.05, 4.69) is 27.0 Å². The molecule has 21 heavy (non-hydrogen) atoms. The lowest BCUT2D eigenvalue weighted by molar-refractivity contribution is 0.407. The Kier molecular flexibility index (Phi) is 3.90. The number of benzene rings is 2. The molecule has 3 nitrogen and oxygen atoms in total. The van der Waals surface area contributed by atoms with Crippen molar-refractivity contribution in [1.82, 2.24) is 4.98 Å². The first kappa shape index (κ1) is 14.0. The van der Waals surface area contributed by atoms with Gasteiger partial charge in [-0.25, -0.2) is 0 Å². The van der Waals surface area contributed by atoms with Gasteiger partial charge in [-0.05, 0) is 29.8 Å². The van der Waals surface area contributed by atoms with Gasteiger partial charge in [0.2, 0.25) is 0 Å². The summed E-state index contributed by atoms with van der Waals surface area (Å²) in [4.78, 5) is 4.47. The second-order valence-electron chi connectivity index (χ2n) is 4.83. The van der Waals surface area contributed by atoms with Gasteiger partial charge < -0.3 is 10.5 Å². The zero-order valence-corrected chi connectivity index (χ0v) is 13.2. The number of hydrogen-bond donors (Lipinski definition) is 1. The van der Waals surface area contributed by atoms with Crippen LogP contribution < -0.4 is 10.5 Å². The van der Waals surface area contributed by atoms with Gasteiger partial charge in [-0.15, -0.1) is 0 Å². The van der Waals surface area contributed by atoms with Gasteiger partial charge in [-0.2, -0.15) is 0 Å². The molecule has 0 saturated carbocycles. The van der Waals surface area contributed by atoms with Crippen molar-refractivity contribution in [2.45, 2.75) is 6.04 Å². The molecule has 0 bridgehead atoms. The molecule has 0 aliphatic carbocycles. The smallest absolute Gasteiger partial charge is 0.125 e. The highest BCUT2D eigenvalue weighted by Crippen LogP contribution is 2.31.